The summed E-state index contributed by atoms with van der Waals surface area (Å²) in [5.74, 6) is -1.93. The third kappa shape index (κ3) is 4.30. The van der Waals surface area contributed by atoms with Gasteiger partial charge in [0.1, 0.15) is 6.04 Å². The third-order valence-corrected chi connectivity index (χ3v) is 11.1. The first-order valence-corrected chi connectivity index (χ1v) is 14.3. The highest BCUT2D eigenvalue weighted by Crippen LogP contribution is 2.68. The highest BCUT2D eigenvalue weighted by Gasteiger charge is 2.76. The van der Waals surface area contributed by atoms with Gasteiger partial charge in [-0.05, 0) is 37.3 Å². The largest absolute Gasteiger partial charge is 0.394 e. The van der Waals surface area contributed by atoms with Crippen molar-refractivity contribution in [2.24, 2.45) is 17.8 Å². The highest BCUT2D eigenvalue weighted by molar-refractivity contribution is 9.09. The normalized spacial score (nSPS) is 32.2. The smallest absolute Gasteiger partial charge is 0.248 e. The van der Waals surface area contributed by atoms with Crippen LogP contribution in [0.15, 0.2) is 18.2 Å². The van der Waals surface area contributed by atoms with Gasteiger partial charge in [0, 0.05) is 16.6 Å². The molecule has 35 heavy (non-hydrogen) atoms. The Morgan fingerprint density at radius 3 is 2.66 bits per heavy atom. The Bertz CT molecular complexity index is 1010. The lowest BCUT2D eigenvalue weighted by Crippen LogP contribution is -2.56. The Morgan fingerprint density at radius 2 is 2.06 bits per heavy atom. The van der Waals surface area contributed by atoms with Gasteiger partial charge in [0.25, 0.3) is 0 Å². The second-order valence-electron chi connectivity index (χ2n) is 10.1. The Kier molecular flexibility index (Phi) is 7.82. The molecular weight excluding hydrogens is 554 g/mol. The number of anilines is 1. The summed E-state index contributed by atoms with van der Waals surface area (Å²) in [6.07, 6.45) is 1.38. The van der Waals surface area contributed by atoms with Crippen LogP contribution in [0.1, 0.15) is 39.2 Å². The molecule has 0 saturated carbocycles. The van der Waals surface area contributed by atoms with Gasteiger partial charge in [0.15, 0.2) is 0 Å². The van der Waals surface area contributed by atoms with E-state index in [4.69, 9.17) is 11.6 Å². The molecule has 3 unspecified atom stereocenters. The zero-order valence-corrected chi connectivity index (χ0v) is 23.5. The van der Waals surface area contributed by atoms with Crippen LogP contribution in [0, 0.1) is 24.7 Å². The van der Waals surface area contributed by atoms with E-state index in [9.17, 15) is 19.5 Å². The molecule has 1 aromatic carbocycles. The maximum Gasteiger partial charge on any atom is 0.248 e. The lowest BCUT2D eigenvalue weighted by atomic mass is 9.70. The van der Waals surface area contributed by atoms with Gasteiger partial charge in [-0.1, -0.05) is 60.4 Å². The number of carbonyl (C=O) groups is 3. The number of para-hydroxylation sites is 1. The number of nitrogens with one attached hydrogen (secondary N) is 2. The fourth-order valence-electron chi connectivity index (χ4n) is 5.99. The average molecular weight is 587 g/mol. The van der Waals surface area contributed by atoms with Crippen LogP contribution >= 0.6 is 39.3 Å². The highest BCUT2D eigenvalue weighted by atomic mass is 79.9. The zero-order chi connectivity index (χ0) is 25.7. The number of aryl methyl sites for hydroxylation is 1. The minimum atomic E-state index is -0.839. The quantitative estimate of drug-likeness (QED) is 0.405. The van der Waals surface area contributed by atoms with Crippen LogP contribution in [0.5, 0.6) is 0 Å². The minimum absolute atomic E-state index is 0.00199. The van der Waals surface area contributed by atoms with E-state index < -0.39 is 28.7 Å². The maximum absolute atomic E-state index is 14.1. The Balaban J connectivity index is 1.79. The molecule has 3 saturated heterocycles. The SMILES string of the molecule is CCCNC(=O)[C@H]1[C@@H]2SC3(CC2Br)C(C(=O)Nc2c(C)cccc2Cl)N([C@@H](CO)C(C)C)C(=O)[C@H]13. The van der Waals surface area contributed by atoms with Gasteiger partial charge < -0.3 is 20.6 Å². The number of nitrogens with zero attached hydrogens (tertiary/aromatic N) is 1. The number of fused-ring (bicyclic) bond motifs is 1. The number of rotatable bonds is 8. The molecule has 7 nitrogen and oxygen atoms in total. The van der Waals surface area contributed by atoms with Crippen molar-refractivity contribution >= 4 is 62.7 Å². The van der Waals surface area contributed by atoms with Gasteiger partial charge in [-0.2, -0.15) is 0 Å². The molecule has 0 aliphatic carbocycles. The van der Waals surface area contributed by atoms with E-state index in [1.165, 1.54) is 0 Å². The van der Waals surface area contributed by atoms with Crippen LogP contribution < -0.4 is 10.6 Å². The van der Waals surface area contributed by atoms with Crippen molar-refractivity contribution in [3.8, 4) is 0 Å². The molecule has 7 atom stereocenters. The number of alkyl halides is 1. The van der Waals surface area contributed by atoms with Gasteiger partial charge in [0.2, 0.25) is 17.7 Å². The molecule has 4 rings (SSSR count). The van der Waals surface area contributed by atoms with Crippen LogP contribution in [0.25, 0.3) is 0 Å². The minimum Gasteiger partial charge on any atom is -0.394 e. The number of halogens is 2. The summed E-state index contributed by atoms with van der Waals surface area (Å²) in [5.41, 5.74) is 1.33. The molecule has 2 bridgehead atoms. The van der Waals surface area contributed by atoms with Crippen molar-refractivity contribution in [2.45, 2.75) is 67.4 Å². The molecule has 3 aliphatic rings. The van der Waals surface area contributed by atoms with Crippen molar-refractivity contribution in [3.63, 3.8) is 0 Å². The number of aliphatic hydroxyl groups is 1. The van der Waals surface area contributed by atoms with Crippen molar-refractivity contribution in [2.75, 3.05) is 18.5 Å². The summed E-state index contributed by atoms with van der Waals surface area (Å²) < 4.78 is -0.772. The molecule has 3 N–H and O–H groups in total. The number of hydrogen-bond acceptors (Lipinski definition) is 5. The number of aliphatic hydroxyl groups excluding tert-OH is 1. The summed E-state index contributed by atoms with van der Waals surface area (Å²) in [6, 6.07) is 4.01. The summed E-state index contributed by atoms with van der Waals surface area (Å²) in [6.45, 7) is 7.98. The van der Waals surface area contributed by atoms with Crippen molar-refractivity contribution < 1.29 is 19.5 Å². The van der Waals surface area contributed by atoms with Gasteiger partial charge in [0.05, 0.1) is 39.9 Å². The van der Waals surface area contributed by atoms with Crippen molar-refractivity contribution in [1.29, 1.82) is 0 Å². The van der Waals surface area contributed by atoms with Crippen LogP contribution in [-0.4, -0.2) is 67.8 Å². The number of carbonyl (C=O) groups excluding carboxylic acids is 3. The maximum atomic E-state index is 14.1. The van der Waals surface area contributed by atoms with Crippen molar-refractivity contribution in [3.05, 3.63) is 28.8 Å². The van der Waals surface area contributed by atoms with E-state index in [1.54, 1.807) is 22.7 Å². The zero-order valence-electron chi connectivity index (χ0n) is 20.4. The lowest BCUT2D eigenvalue weighted by molar-refractivity contribution is -0.142. The van der Waals surface area contributed by atoms with E-state index in [2.05, 4.69) is 26.6 Å². The van der Waals surface area contributed by atoms with E-state index in [0.29, 0.717) is 23.7 Å². The summed E-state index contributed by atoms with van der Waals surface area (Å²) in [5, 5.41) is 16.6. The number of hydrogen-bond donors (Lipinski definition) is 3. The Hall–Kier alpha value is -1.29. The van der Waals surface area contributed by atoms with Gasteiger partial charge in [-0.25, -0.2) is 0 Å². The van der Waals surface area contributed by atoms with Crippen LogP contribution in [-0.2, 0) is 14.4 Å². The summed E-state index contributed by atoms with van der Waals surface area (Å²) >= 11 is 11.8. The van der Waals surface area contributed by atoms with Crippen LogP contribution in [0.4, 0.5) is 5.69 Å². The molecule has 3 fully saturated rings. The second-order valence-corrected chi connectivity index (χ2v) is 13.2. The van der Waals surface area contributed by atoms with Gasteiger partial charge in [-0.3, -0.25) is 14.4 Å². The van der Waals surface area contributed by atoms with Gasteiger partial charge in [-0.15, -0.1) is 11.8 Å². The van der Waals surface area contributed by atoms with E-state index >= 15 is 0 Å². The predicted octanol–water partition coefficient (Wildman–Crippen LogP) is 3.59. The van der Waals surface area contributed by atoms with E-state index in [1.807, 2.05) is 39.8 Å². The predicted molar refractivity (Wildman–Crippen MR) is 143 cm³/mol. The molecule has 1 spiro atoms. The Morgan fingerprint density at radius 1 is 1.34 bits per heavy atom. The molecule has 0 aromatic heterocycles. The number of likely N-dealkylation sites (tertiary alicyclic amines) is 1. The third-order valence-electron chi connectivity index (χ3n) is 7.61. The topological polar surface area (TPSA) is 98.7 Å². The first kappa shape index (κ1) is 26.8. The van der Waals surface area contributed by atoms with Crippen LogP contribution in [0.2, 0.25) is 5.02 Å². The molecule has 10 heteroatoms. The summed E-state index contributed by atoms with van der Waals surface area (Å²) in [7, 11) is 0. The molecule has 3 heterocycles. The summed E-state index contributed by atoms with van der Waals surface area (Å²) in [4.78, 5) is 42.9. The standard InChI is InChI=1S/C25H33BrClN3O4S/c1-5-9-28-22(32)17-18-24(34)30(16(11-31)12(2)3)21(25(18)10-14(26)20(17)35-25)23(33)29-19-13(4)7-6-8-15(19)27/h6-8,12,14,16-18,20-21,31H,5,9-11H2,1-4H3,(H,28,32)(H,29,33)/t14?,16-,17+,18-,20+,21?,25?/m0/s1. The molecule has 0 radical (unpaired) electrons. The van der Waals surface area contributed by atoms with Crippen molar-refractivity contribution in [1.82, 2.24) is 10.2 Å². The number of amides is 3. The number of thioether (sulfide) groups is 1. The number of benzene rings is 1. The fraction of sp³-hybridized carbons (Fsp3) is 0.640. The average Bonchev–Trinajstić information content (AvgIpc) is 3.39. The molecule has 192 valence electrons. The first-order chi connectivity index (χ1) is 16.6. The van der Waals surface area contributed by atoms with E-state index in [0.717, 1.165) is 12.0 Å². The van der Waals surface area contributed by atoms with E-state index in [-0.39, 0.29) is 40.3 Å². The van der Waals surface area contributed by atoms with Gasteiger partial charge >= 0.3 is 0 Å². The molecule has 3 amide bonds. The molecule has 3 aliphatic heterocycles. The second kappa shape index (κ2) is 10.2. The molecular formula is C25H33BrClN3O4S. The molecule has 1 aromatic rings. The monoisotopic (exact) mass is 585 g/mol. The Labute approximate surface area is 224 Å². The lowest BCUT2D eigenvalue weighted by Gasteiger charge is -2.38. The van der Waals surface area contributed by atoms with Crippen LogP contribution in [0.3, 0.4) is 0 Å². The first-order valence-electron chi connectivity index (χ1n) is 12.2. The fourth-order valence-corrected chi connectivity index (χ4v) is 9.86.